The SMILES string of the molecule is O=C(NC1=CCc2ccccc2N1CCN1CCOCC1)c1ccc(Cl)c(Cl)c1. The molecule has 0 atom stereocenters. The Labute approximate surface area is 180 Å². The van der Waals surface area contributed by atoms with E-state index in [4.69, 9.17) is 27.9 Å². The molecule has 29 heavy (non-hydrogen) atoms. The summed E-state index contributed by atoms with van der Waals surface area (Å²) in [5.74, 6) is 0.596. The Bertz CT molecular complexity index is 926. The van der Waals surface area contributed by atoms with Gasteiger partial charge in [0.05, 0.1) is 23.3 Å². The Morgan fingerprint density at radius 2 is 1.83 bits per heavy atom. The molecule has 1 amide bonds. The number of fused-ring (bicyclic) bond motifs is 1. The molecule has 0 aliphatic carbocycles. The van der Waals surface area contributed by atoms with Crippen molar-refractivity contribution in [3.8, 4) is 0 Å². The van der Waals surface area contributed by atoms with Crippen LogP contribution in [0.15, 0.2) is 54.4 Å². The van der Waals surface area contributed by atoms with Crippen molar-refractivity contribution in [2.24, 2.45) is 0 Å². The number of hydrogen-bond donors (Lipinski definition) is 1. The average Bonchev–Trinajstić information content (AvgIpc) is 2.75. The van der Waals surface area contributed by atoms with Gasteiger partial charge in [-0.2, -0.15) is 0 Å². The summed E-state index contributed by atoms with van der Waals surface area (Å²) < 4.78 is 5.44. The number of hydrogen-bond acceptors (Lipinski definition) is 4. The number of morpholine rings is 1. The van der Waals surface area contributed by atoms with Crippen LogP contribution in [0.1, 0.15) is 15.9 Å². The number of carbonyl (C=O) groups excluding carboxylic acids is 1. The van der Waals surface area contributed by atoms with E-state index >= 15 is 0 Å². The molecular weight excluding hydrogens is 409 g/mol. The molecule has 2 aromatic rings. The molecule has 5 nitrogen and oxygen atoms in total. The number of nitrogens with one attached hydrogen (secondary N) is 1. The number of allylic oxidation sites excluding steroid dienone is 1. The summed E-state index contributed by atoms with van der Waals surface area (Å²) in [5, 5.41) is 3.86. The zero-order valence-electron chi connectivity index (χ0n) is 16.0. The van der Waals surface area contributed by atoms with Crippen LogP contribution in [0, 0.1) is 0 Å². The molecule has 1 fully saturated rings. The fourth-order valence-corrected chi connectivity index (χ4v) is 3.94. The first-order chi connectivity index (χ1) is 14.1. The smallest absolute Gasteiger partial charge is 0.256 e. The van der Waals surface area contributed by atoms with Gasteiger partial charge in [-0.25, -0.2) is 0 Å². The molecule has 0 spiro atoms. The number of anilines is 1. The minimum absolute atomic E-state index is 0.203. The van der Waals surface area contributed by atoms with Crippen molar-refractivity contribution in [3.05, 3.63) is 75.5 Å². The van der Waals surface area contributed by atoms with Crippen LogP contribution in [0.5, 0.6) is 0 Å². The van der Waals surface area contributed by atoms with E-state index in [9.17, 15) is 4.79 Å². The minimum Gasteiger partial charge on any atom is -0.379 e. The van der Waals surface area contributed by atoms with E-state index in [0.29, 0.717) is 15.6 Å². The van der Waals surface area contributed by atoms with Crippen LogP contribution in [0.4, 0.5) is 5.69 Å². The summed E-state index contributed by atoms with van der Waals surface area (Å²) in [7, 11) is 0. The van der Waals surface area contributed by atoms with Gasteiger partial charge in [-0.05, 0) is 42.3 Å². The van der Waals surface area contributed by atoms with E-state index in [0.717, 1.165) is 57.3 Å². The van der Waals surface area contributed by atoms with Crippen LogP contribution in [-0.4, -0.2) is 50.2 Å². The first kappa shape index (κ1) is 20.2. The van der Waals surface area contributed by atoms with Crippen LogP contribution in [0.3, 0.4) is 0 Å². The molecule has 2 aromatic carbocycles. The van der Waals surface area contributed by atoms with Crippen LogP contribution < -0.4 is 10.2 Å². The summed E-state index contributed by atoms with van der Waals surface area (Å²) in [5.41, 5.74) is 2.86. The lowest BCUT2D eigenvalue weighted by molar-refractivity contribution is 0.0393. The number of ether oxygens (including phenoxy) is 1. The number of halogens is 2. The average molecular weight is 432 g/mol. The van der Waals surface area contributed by atoms with Crippen LogP contribution in [0.2, 0.25) is 10.0 Å². The van der Waals surface area contributed by atoms with E-state index in [1.807, 2.05) is 12.1 Å². The highest BCUT2D eigenvalue weighted by atomic mass is 35.5. The molecule has 0 saturated carbocycles. The molecule has 2 aliphatic heterocycles. The highest BCUT2D eigenvalue weighted by molar-refractivity contribution is 6.42. The van der Waals surface area contributed by atoms with Crippen molar-refractivity contribution in [3.63, 3.8) is 0 Å². The zero-order chi connectivity index (χ0) is 20.2. The Morgan fingerprint density at radius 1 is 1.03 bits per heavy atom. The molecule has 0 bridgehead atoms. The Morgan fingerprint density at radius 3 is 2.62 bits per heavy atom. The van der Waals surface area contributed by atoms with Gasteiger partial charge in [0.2, 0.25) is 0 Å². The quantitative estimate of drug-likeness (QED) is 0.777. The third-order valence-corrected chi connectivity index (χ3v) is 5.99. The van der Waals surface area contributed by atoms with Crippen molar-refractivity contribution in [2.75, 3.05) is 44.3 Å². The third-order valence-electron chi connectivity index (χ3n) is 5.26. The van der Waals surface area contributed by atoms with Gasteiger partial charge in [0.25, 0.3) is 5.91 Å². The fourth-order valence-electron chi connectivity index (χ4n) is 3.64. The van der Waals surface area contributed by atoms with Crippen molar-refractivity contribution >= 4 is 34.8 Å². The lowest BCUT2D eigenvalue weighted by Gasteiger charge is -2.35. The molecule has 2 aliphatic rings. The van der Waals surface area contributed by atoms with Crippen LogP contribution >= 0.6 is 23.2 Å². The van der Waals surface area contributed by atoms with Gasteiger partial charge in [-0.3, -0.25) is 9.69 Å². The number of nitrogens with zero attached hydrogens (tertiary/aromatic N) is 2. The molecule has 1 N–H and O–H groups in total. The predicted octanol–water partition coefficient (Wildman–Crippen LogP) is 3.96. The number of para-hydroxylation sites is 1. The number of rotatable bonds is 5. The maximum Gasteiger partial charge on any atom is 0.256 e. The standard InChI is InChI=1S/C22H23Cl2N3O2/c23-18-7-5-17(15-19(18)24)22(28)25-21-8-6-16-3-1-2-4-20(16)27(21)10-9-26-11-13-29-14-12-26/h1-5,7-8,15H,6,9-14H2,(H,25,28). The lowest BCUT2D eigenvalue weighted by Crippen LogP contribution is -2.44. The molecule has 152 valence electrons. The number of carbonyl (C=O) groups is 1. The number of benzene rings is 2. The first-order valence-electron chi connectivity index (χ1n) is 9.74. The molecule has 0 aromatic heterocycles. The Hall–Kier alpha value is -2.05. The summed E-state index contributed by atoms with van der Waals surface area (Å²) in [6.45, 7) is 5.09. The molecule has 1 saturated heterocycles. The summed E-state index contributed by atoms with van der Waals surface area (Å²) in [4.78, 5) is 17.4. The molecule has 0 radical (unpaired) electrons. The van der Waals surface area contributed by atoms with Gasteiger partial charge in [0.1, 0.15) is 5.82 Å². The second-order valence-corrected chi connectivity index (χ2v) is 7.93. The van der Waals surface area contributed by atoms with Gasteiger partial charge >= 0.3 is 0 Å². The summed E-state index contributed by atoms with van der Waals surface area (Å²) >= 11 is 12.1. The van der Waals surface area contributed by atoms with E-state index in [1.165, 1.54) is 5.56 Å². The highest BCUT2D eigenvalue weighted by Crippen LogP contribution is 2.29. The summed E-state index contributed by atoms with van der Waals surface area (Å²) in [6.07, 6.45) is 2.85. The van der Waals surface area contributed by atoms with E-state index in [-0.39, 0.29) is 5.91 Å². The van der Waals surface area contributed by atoms with E-state index in [2.05, 4.69) is 33.3 Å². The highest BCUT2D eigenvalue weighted by Gasteiger charge is 2.23. The monoisotopic (exact) mass is 431 g/mol. The van der Waals surface area contributed by atoms with Gasteiger partial charge in [0.15, 0.2) is 0 Å². The lowest BCUT2D eigenvalue weighted by atomic mass is 10.0. The van der Waals surface area contributed by atoms with Gasteiger partial charge in [0, 0.05) is 37.4 Å². The molecule has 7 heteroatoms. The van der Waals surface area contributed by atoms with Crippen LogP contribution in [0.25, 0.3) is 0 Å². The van der Waals surface area contributed by atoms with Gasteiger partial charge < -0.3 is 15.0 Å². The third kappa shape index (κ3) is 4.75. The first-order valence-corrected chi connectivity index (χ1v) is 10.5. The van der Waals surface area contributed by atoms with Crippen molar-refractivity contribution < 1.29 is 9.53 Å². The van der Waals surface area contributed by atoms with Crippen LogP contribution in [-0.2, 0) is 11.2 Å². The predicted molar refractivity (Wildman–Crippen MR) is 117 cm³/mol. The van der Waals surface area contributed by atoms with Crippen molar-refractivity contribution in [2.45, 2.75) is 6.42 Å². The van der Waals surface area contributed by atoms with Crippen molar-refractivity contribution in [1.29, 1.82) is 0 Å². The van der Waals surface area contributed by atoms with Gasteiger partial charge in [-0.1, -0.05) is 41.4 Å². The minimum atomic E-state index is -0.203. The second-order valence-electron chi connectivity index (χ2n) is 7.11. The van der Waals surface area contributed by atoms with Gasteiger partial charge in [-0.15, -0.1) is 0 Å². The largest absolute Gasteiger partial charge is 0.379 e. The zero-order valence-corrected chi connectivity index (χ0v) is 17.5. The molecule has 0 unspecified atom stereocenters. The number of amides is 1. The maximum atomic E-state index is 12.8. The molecular formula is C22H23Cl2N3O2. The second kappa shape index (κ2) is 9.18. The molecule has 2 heterocycles. The van der Waals surface area contributed by atoms with Crippen molar-refractivity contribution in [1.82, 2.24) is 10.2 Å². The fraction of sp³-hybridized carbons (Fsp3) is 0.318. The maximum absolute atomic E-state index is 12.8. The topological polar surface area (TPSA) is 44.8 Å². The Balaban J connectivity index is 1.52. The van der Waals surface area contributed by atoms with E-state index in [1.54, 1.807) is 18.2 Å². The Kier molecular flexibility index (Phi) is 6.40. The molecule has 4 rings (SSSR count). The normalized spacial score (nSPS) is 16.9. The van der Waals surface area contributed by atoms with E-state index < -0.39 is 0 Å². The summed E-state index contributed by atoms with van der Waals surface area (Å²) in [6, 6.07) is 13.2.